The van der Waals surface area contributed by atoms with Gasteiger partial charge in [0.05, 0.1) is 37.0 Å². The average molecular weight is 396 g/mol. The molecule has 3 heterocycles. The van der Waals surface area contributed by atoms with Gasteiger partial charge in [-0.3, -0.25) is 0 Å². The van der Waals surface area contributed by atoms with Crippen molar-refractivity contribution in [2.45, 2.75) is 19.6 Å². The molecule has 2 aromatic rings. The molecule has 1 aromatic heterocycles. The predicted octanol–water partition coefficient (Wildman–Crippen LogP) is 3.14. The summed E-state index contributed by atoms with van der Waals surface area (Å²) in [4.78, 5) is 14.0. The van der Waals surface area contributed by atoms with Crippen molar-refractivity contribution in [2.75, 3.05) is 57.2 Å². The Labute approximate surface area is 172 Å². The number of ether oxygens (including phenoxy) is 2. The van der Waals surface area contributed by atoms with Crippen LogP contribution in [0.4, 0.5) is 17.2 Å². The number of pyridine rings is 1. The Balaban J connectivity index is 1.61. The number of nitrogens with zero attached hydrogens (tertiary/aromatic N) is 4. The minimum atomic E-state index is 0.266. The van der Waals surface area contributed by atoms with E-state index in [4.69, 9.17) is 14.5 Å². The van der Waals surface area contributed by atoms with Crippen molar-refractivity contribution in [2.24, 2.45) is 4.99 Å². The van der Waals surface area contributed by atoms with Crippen LogP contribution in [0.2, 0.25) is 0 Å². The predicted molar refractivity (Wildman–Crippen MR) is 117 cm³/mol. The highest BCUT2D eigenvalue weighted by Crippen LogP contribution is 2.34. The van der Waals surface area contributed by atoms with Crippen molar-refractivity contribution in [1.82, 2.24) is 9.88 Å². The van der Waals surface area contributed by atoms with Gasteiger partial charge in [0.15, 0.2) is 0 Å². The lowest BCUT2D eigenvalue weighted by Crippen LogP contribution is -2.41. The Morgan fingerprint density at radius 1 is 1.28 bits per heavy atom. The van der Waals surface area contributed by atoms with Crippen LogP contribution in [0.25, 0.3) is 11.3 Å². The maximum Gasteiger partial charge on any atom is 0.133 e. The second-order valence-electron chi connectivity index (χ2n) is 7.61. The highest BCUT2D eigenvalue weighted by Gasteiger charge is 2.19. The summed E-state index contributed by atoms with van der Waals surface area (Å²) in [6, 6.07) is 10.7. The van der Waals surface area contributed by atoms with E-state index in [0.717, 1.165) is 54.6 Å². The Morgan fingerprint density at radius 2 is 2.10 bits per heavy atom. The summed E-state index contributed by atoms with van der Waals surface area (Å²) in [5, 5.41) is 3.41. The Kier molecular flexibility index (Phi) is 5.97. The quantitative estimate of drug-likeness (QED) is 0.759. The zero-order chi connectivity index (χ0) is 20.2. The van der Waals surface area contributed by atoms with E-state index in [0.29, 0.717) is 13.2 Å². The molecule has 0 aliphatic carbocycles. The molecule has 0 amide bonds. The lowest BCUT2D eigenvalue weighted by Gasteiger charge is -2.33. The molecule has 2 aliphatic rings. The van der Waals surface area contributed by atoms with E-state index in [-0.39, 0.29) is 6.10 Å². The molecule has 29 heavy (non-hydrogen) atoms. The minimum absolute atomic E-state index is 0.266. The molecule has 0 bridgehead atoms. The number of morpholine rings is 1. The SMILES string of the molecule is COCCNc1nc(-c2ccc(N3CCOC(C)C3)cc2)cc2c1CN(C)C=N2. The molecule has 1 fully saturated rings. The first-order valence-corrected chi connectivity index (χ1v) is 10.1. The van der Waals surface area contributed by atoms with E-state index in [1.165, 1.54) is 5.69 Å². The van der Waals surface area contributed by atoms with Gasteiger partial charge in [-0.15, -0.1) is 0 Å². The van der Waals surface area contributed by atoms with E-state index in [1.54, 1.807) is 7.11 Å². The highest BCUT2D eigenvalue weighted by molar-refractivity contribution is 5.76. The molecule has 1 saturated heterocycles. The van der Waals surface area contributed by atoms with Crippen LogP contribution in [0.1, 0.15) is 12.5 Å². The van der Waals surface area contributed by atoms with E-state index in [1.807, 2.05) is 13.4 Å². The molecule has 7 nitrogen and oxygen atoms in total. The zero-order valence-electron chi connectivity index (χ0n) is 17.4. The van der Waals surface area contributed by atoms with Crippen LogP contribution in [0.3, 0.4) is 0 Å². The number of hydrogen-bond donors (Lipinski definition) is 1. The number of hydrogen-bond acceptors (Lipinski definition) is 7. The number of nitrogens with one attached hydrogen (secondary N) is 1. The van der Waals surface area contributed by atoms with E-state index >= 15 is 0 Å². The molecule has 0 radical (unpaired) electrons. The van der Waals surface area contributed by atoms with Crippen molar-refractivity contribution in [1.29, 1.82) is 0 Å². The first-order chi connectivity index (χ1) is 14.1. The number of methoxy groups -OCH3 is 1. The third-order valence-electron chi connectivity index (χ3n) is 5.27. The highest BCUT2D eigenvalue weighted by atomic mass is 16.5. The Bertz CT molecular complexity index is 868. The molecular formula is C22H29N5O2. The fraction of sp³-hybridized carbons (Fsp3) is 0.455. The van der Waals surface area contributed by atoms with Crippen molar-refractivity contribution < 1.29 is 9.47 Å². The summed E-state index contributed by atoms with van der Waals surface area (Å²) in [7, 11) is 3.72. The summed E-state index contributed by atoms with van der Waals surface area (Å²) in [5.74, 6) is 0.879. The number of rotatable bonds is 6. The Hall–Kier alpha value is -2.64. The molecule has 1 atom stereocenters. The van der Waals surface area contributed by atoms with Crippen molar-refractivity contribution in [3.05, 3.63) is 35.9 Å². The van der Waals surface area contributed by atoms with Crippen molar-refractivity contribution >= 4 is 23.5 Å². The number of fused-ring (bicyclic) bond motifs is 1. The number of aliphatic imine (C=N–C) groups is 1. The molecule has 1 unspecified atom stereocenters. The third kappa shape index (κ3) is 4.52. The molecule has 4 rings (SSSR count). The first kappa shape index (κ1) is 19.7. The third-order valence-corrected chi connectivity index (χ3v) is 5.27. The van der Waals surface area contributed by atoms with Crippen molar-refractivity contribution in [3.8, 4) is 11.3 Å². The van der Waals surface area contributed by atoms with Crippen LogP contribution >= 0.6 is 0 Å². The lowest BCUT2D eigenvalue weighted by atomic mass is 10.1. The summed E-state index contributed by atoms with van der Waals surface area (Å²) < 4.78 is 10.8. The van der Waals surface area contributed by atoms with Gasteiger partial charge in [-0.2, -0.15) is 0 Å². The number of anilines is 2. The zero-order valence-corrected chi connectivity index (χ0v) is 17.4. The number of aromatic nitrogens is 1. The van der Waals surface area contributed by atoms with Gasteiger partial charge in [0.25, 0.3) is 0 Å². The van der Waals surface area contributed by atoms with Gasteiger partial charge in [-0.1, -0.05) is 12.1 Å². The molecular weight excluding hydrogens is 366 g/mol. The van der Waals surface area contributed by atoms with E-state index < -0.39 is 0 Å². The topological polar surface area (TPSA) is 62.2 Å². The van der Waals surface area contributed by atoms with Gasteiger partial charge in [0.2, 0.25) is 0 Å². The van der Waals surface area contributed by atoms with Crippen LogP contribution in [-0.2, 0) is 16.0 Å². The molecule has 1 aromatic carbocycles. The second-order valence-corrected chi connectivity index (χ2v) is 7.61. The van der Waals surface area contributed by atoms with Crippen molar-refractivity contribution in [3.63, 3.8) is 0 Å². The van der Waals surface area contributed by atoms with Gasteiger partial charge in [0.1, 0.15) is 5.82 Å². The van der Waals surface area contributed by atoms with Gasteiger partial charge >= 0.3 is 0 Å². The normalized spacial score (nSPS) is 18.7. The van der Waals surface area contributed by atoms with Crippen LogP contribution in [0.5, 0.6) is 0 Å². The van der Waals surface area contributed by atoms with Gasteiger partial charge < -0.3 is 24.6 Å². The molecule has 154 valence electrons. The number of benzene rings is 1. The monoisotopic (exact) mass is 395 g/mol. The second kappa shape index (κ2) is 8.80. The van der Waals surface area contributed by atoms with Crippen LogP contribution in [0.15, 0.2) is 35.3 Å². The fourth-order valence-corrected chi connectivity index (χ4v) is 3.74. The first-order valence-electron chi connectivity index (χ1n) is 10.1. The molecule has 2 aliphatic heterocycles. The average Bonchev–Trinajstić information content (AvgIpc) is 2.74. The van der Waals surface area contributed by atoms with Gasteiger partial charge in [-0.05, 0) is 25.1 Å². The largest absolute Gasteiger partial charge is 0.383 e. The Morgan fingerprint density at radius 3 is 2.86 bits per heavy atom. The van der Waals surface area contributed by atoms with E-state index in [9.17, 15) is 0 Å². The maximum absolute atomic E-state index is 5.65. The van der Waals surface area contributed by atoms with Crippen LogP contribution in [0, 0.1) is 0 Å². The van der Waals surface area contributed by atoms with Crippen LogP contribution in [-0.4, -0.2) is 69.3 Å². The lowest BCUT2D eigenvalue weighted by molar-refractivity contribution is 0.0532. The summed E-state index contributed by atoms with van der Waals surface area (Å²) >= 11 is 0. The standard InChI is InChI=1S/C22H29N5O2/c1-16-13-27(9-11-29-16)18-6-4-17(5-7-18)20-12-21-19(14-26(2)15-24-21)22(25-20)23-8-10-28-3/h4-7,12,15-16H,8-11,13-14H2,1-3H3,(H,23,25). The van der Waals surface area contributed by atoms with Gasteiger partial charge in [-0.25, -0.2) is 9.98 Å². The summed E-state index contributed by atoms with van der Waals surface area (Å²) in [6.45, 7) is 6.87. The van der Waals surface area contributed by atoms with E-state index in [2.05, 4.69) is 57.4 Å². The maximum atomic E-state index is 5.65. The summed E-state index contributed by atoms with van der Waals surface area (Å²) in [5.41, 5.74) is 5.32. The summed E-state index contributed by atoms with van der Waals surface area (Å²) in [6.07, 6.45) is 2.13. The van der Waals surface area contributed by atoms with Crippen LogP contribution < -0.4 is 10.2 Å². The fourth-order valence-electron chi connectivity index (χ4n) is 3.74. The smallest absolute Gasteiger partial charge is 0.133 e. The van der Waals surface area contributed by atoms with Gasteiger partial charge in [0, 0.05) is 57.2 Å². The molecule has 0 saturated carbocycles. The molecule has 7 heteroatoms. The minimum Gasteiger partial charge on any atom is -0.383 e. The molecule has 1 N–H and O–H groups in total. The molecule has 0 spiro atoms.